The molecule has 2 N–H and O–H groups in total. The second-order valence-corrected chi connectivity index (χ2v) is 8.98. The zero-order valence-corrected chi connectivity index (χ0v) is 18.5. The Hall–Kier alpha value is -2.30. The molecule has 0 fully saturated rings. The minimum Gasteiger partial charge on any atom is -0.478 e. The Balaban J connectivity index is 1.93. The number of benzene rings is 3. The van der Waals surface area contributed by atoms with Gasteiger partial charge in [-0.3, -0.25) is 0 Å². The number of rotatable bonds is 3. The average Bonchev–Trinajstić information content (AvgIpc) is 2.68. The first-order valence-electron chi connectivity index (χ1n) is 9.49. The SMILES string of the molecule is Cc1ccc(C)c([C@@H]2C[C@@H](c3cccc(Cl)c3)Nc3c(C(=O)O)cc(Br)cc32)c1. The quantitative estimate of drug-likeness (QED) is 0.429. The van der Waals surface area contributed by atoms with Crippen LogP contribution in [0.25, 0.3) is 0 Å². The zero-order valence-electron chi connectivity index (χ0n) is 16.2. The summed E-state index contributed by atoms with van der Waals surface area (Å²) in [5.74, 6) is -0.868. The van der Waals surface area contributed by atoms with E-state index in [-0.39, 0.29) is 17.5 Å². The normalized spacial score (nSPS) is 18.1. The molecule has 5 heteroatoms. The van der Waals surface area contributed by atoms with Crippen LogP contribution in [-0.2, 0) is 0 Å². The first-order chi connectivity index (χ1) is 13.8. The summed E-state index contributed by atoms with van der Waals surface area (Å²) >= 11 is 9.74. The highest BCUT2D eigenvalue weighted by Gasteiger charge is 2.32. The molecule has 0 spiro atoms. The Bertz CT molecular complexity index is 1110. The molecule has 3 aromatic carbocycles. The minimum atomic E-state index is -0.943. The smallest absolute Gasteiger partial charge is 0.337 e. The largest absolute Gasteiger partial charge is 0.478 e. The van der Waals surface area contributed by atoms with Gasteiger partial charge in [0.15, 0.2) is 0 Å². The monoisotopic (exact) mass is 469 g/mol. The number of hydrogen-bond donors (Lipinski definition) is 2. The molecule has 1 heterocycles. The number of hydrogen-bond acceptors (Lipinski definition) is 2. The summed E-state index contributed by atoms with van der Waals surface area (Å²) in [4.78, 5) is 12.0. The topological polar surface area (TPSA) is 49.3 Å². The van der Waals surface area contributed by atoms with Gasteiger partial charge in [0, 0.05) is 15.4 Å². The van der Waals surface area contributed by atoms with Crippen LogP contribution in [0.3, 0.4) is 0 Å². The third-order valence-corrected chi connectivity index (χ3v) is 6.28. The lowest BCUT2D eigenvalue weighted by atomic mass is 9.77. The summed E-state index contributed by atoms with van der Waals surface area (Å²) in [5, 5.41) is 14.0. The predicted octanol–water partition coefficient (Wildman–Crippen LogP) is 7.11. The van der Waals surface area contributed by atoms with E-state index in [0.29, 0.717) is 10.7 Å². The molecule has 0 radical (unpaired) electrons. The number of carboxylic acid groups (broad SMARTS) is 1. The fourth-order valence-corrected chi connectivity index (χ4v) is 4.88. The Morgan fingerprint density at radius 3 is 2.62 bits per heavy atom. The number of anilines is 1. The molecule has 0 unspecified atom stereocenters. The van der Waals surface area contributed by atoms with E-state index in [9.17, 15) is 9.90 Å². The van der Waals surface area contributed by atoms with E-state index in [1.54, 1.807) is 6.07 Å². The number of carboxylic acids is 1. The van der Waals surface area contributed by atoms with Gasteiger partial charge in [-0.1, -0.05) is 63.4 Å². The van der Waals surface area contributed by atoms with E-state index >= 15 is 0 Å². The molecule has 0 amide bonds. The van der Waals surface area contributed by atoms with Crippen LogP contribution >= 0.6 is 27.5 Å². The third-order valence-electron chi connectivity index (χ3n) is 5.59. The maximum Gasteiger partial charge on any atom is 0.337 e. The number of halogens is 2. The van der Waals surface area contributed by atoms with Gasteiger partial charge in [0.1, 0.15) is 0 Å². The van der Waals surface area contributed by atoms with Crippen molar-refractivity contribution in [3.63, 3.8) is 0 Å². The summed E-state index contributed by atoms with van der Waals surface area (Å²) in [6.07, 6.45) is 0.813. The van der Waals surface area contributed by atoms with Crippen molar-refractivity contribution in [1.29, 1.82) is 0 Å². The van der Waals surface area contributed by atoms with Crippen LogP contribution in [-0.4, -0.2) is 11.1 Å². The van der Waals surface area contributed by atoms with Gasteiger partial charge in [-0.05, 0) is 66.8 Å². The number of nitrogens with one attached hydrogen (secondary N) is 1. The number of fused-ring (bicyclic) bond motifs is 1. The van der Waals surface area contributed by atoms with E-state index in [1.165, 1.54) is 16.7 Å². The van der Waals surface area contributed by atoms with Crippen LogP contribution in [0.15, 0.2) is 59.1 Å². The lowest BCUT2D eigenvalue weighted by Crippen LogP contribution is -2.25. The number of aryl methyl sites for hydroxylation is 2. The van der Waals surface area contributed by atoms with E-state index in [4.69, 9.17) is 11.6 Å². The molecule has 0 bridgehead atoms. The minimum absolute atomic E-state index is 0.0367. The third kappa shape index (κ3) is 3.92. The van der Waals surface area contributed by atoms with Crippen molar-refractivity contribution in [2.24, 2.45) is 0 Å². The zero-order chi connectivity index (χ0) is 20.7. The van der Waals surface area contributed by atoms with Crippen molar-refractivity contribution >= 4 is 39.2 Å². The number of carbonyl (C=O) groups is 1. The van der Waals surface area contributed by atoms with E-state index in [1.807, 2.05) is 30.3 Å². The fraction of sp³-hybridized carbons (Fsp3) is 0.208. The maximum absolute atomic E-state index is 12.0. The van der Waals surface area contributed by atoms with E-state index < -0.39 is 5.97 Å². The van der Waals surface area contributed by atoms with Gasteiger partial charge in [0.2, 0.25) is 0 Å². The van der Waals surface area contributed by atoms with Crippen molar-refractivity contribution < 1.29 is 9.90 Å². The molecule has 0 saturated carbocycles. The van der Waals surface area contributed by atoms with Crippen LogP contribution in [0.2, 0.25) is 5.02 Å². The van der Waals surface area contributed by atoms with Gasteiger partial charge in [0.25, 0.3) is 0 Å². The molecular formula is C24H21BrClNO2. The standard InChI is InChI=1S/C24H21BrClNO2/c1-13-6-7-14(2)18(8-13)19-12-22(15-4-3-5-17(26)9-15)27-23-20(19)10-16(25)11-21(23)24(28)29/h3-11,19,22,27H,12H2,1-2H3,(H,28,29)/t19-,22-/m0/s1. The highest BCUT2D eigenvalue weighted by Crippen LogP contribution is 2.47. The highest BCUT2D eigenvalue weighted by atomic mass is 79.9. The summed E-state index contributed by atoms with van der Waals surface area (Å²) in [6.45, 7) is 4.20. The molecule has 29 heavy (non-hydrogen) atoms. The van der Waals surface area contributed by atoms with E-state index in [0.717, 1.165) is 22.0 Å². The number of aromatic carboxylic acids is 1. The molecule has 1 aliphatic rings. The molecule has 148 valence electrons. The Kier molecular flexibility index (Phi) is 5.41. The molecule has 4 rings (SSSR count). The van der Waals surface area contributed by atoms with Gasteiger partial charge in [-0.2, -0.15) is 0 Å². The molecule has 3 aromatic rings. The molecule has 3 nitrogen and oxygen atoms in total. The van der Waals surface area contributed by atoms with Crippen LogP contribution in [0.5, 0.6) is 0 Å². The second kappa shape index (κ2) is 7.85. The van der Waals surface area contributed by atoms with Crippen LogP contribution in [0.1, 0.15) is 56.6 Å². The van der Waals surface area contributed by atoms with Crippen LogP contribution in [0, 0.1) is 13.8 Å². The summed E-state index contributed by atoms with van der Waals surface area (Å²) in [7, 11) is 0. The second-order valence-electron chi connectivity index (χ2n) is 7.62. The van der Waals surface area contributed by atoms with Gasteiger partial charge < -0.3 is 10.4 Å². The summed E-state index contributed by atoms with van der Waals surface area (Å²) in [5.41, 5.74) is 6.64. The Labute approximate surface area is 183 Å². The van der Waals surface area contributed by atoms with Crippen molar-refractivity contribution in [1.82, 2.24) is 0 Å². The van der Waals surface area contributed by atoms with Crippen molar-refractivity contribution in [2.75, 3.05) is 5.32 Å². The Morgan fingerprint density at radius 1 is 1.10 bits per heavy atom. The van der Waals surface area contributed by atoms with Crippen LogP contribution in [0.4, 0.5) is 5.69 Å². The molecule has 0 aromatic heterocycles. The molecular weight excluding hydrogens is 450 g/mol. The fourth-order valence-electron chi connectivity index (χ4n) is 4.20. The predicted molar refractivity (Wildman–Crippen MR) is 121 cm³/mol. The molecule has 0 saturated heterocycles. The van der Waals surface area contributed by atoms with E-state index in [2.05, 4.69) is 53.3 Å². The van der Waals surface area contributed by atoms with Gasteiger partial charge >= 0.3 is 5.97 Å². The first-order valence-corrected chi connectivity index (χ1v) is 10.7. The van der Waals surface area contributed by atoms with Gasteiger partial charge in [-0.15, -0.1) is 0 Å². The molecule has 0 aliphatic carbocycles. The van der Waals surface area contributed by atoms with Crippen LogP contribution < -0.4 is 5.32 Å². The highest BCUT2D eigenvalue weighted by molar-refractivity contribution is 9.10. The lowest BCUT2D eigenvalue weighted by molar-refractivity contribution is 0.0697. The van der Waals surface area contributed by atoms with Crippen molar-refractivity contribution in [3.8, 4) is 0 Å². The first kappa shape index (κ1) is 20.0. The molecule has 1 aliphatic heterocycles. The molecule has 2 atom stereocenters. The lowest BCUT2D eigenvalue weighted by Gasteiger charge is -2.35. The van der Waals surface area contributed by atoms with Crippen molar-refractivity contribution in [2.45, 2.75) is 32.2 Å². The van der Waals surface area contributed by atoms with Crippen molar-refractivity contribution in [3.05, 3.63) is 97.5 Å². The van der Waals surface area contributed by atoms with Gasteiger partial charge in [-0.25, -0.2) is 4.79 Å². The average molecular weight is 471 g/mol. The van der Waals surface area contributed by atoms with Gasteiger partial charge in [0.05, 0.1) is 17.3 Å². The Morgan fingerprint density at radius 2 is 1.90 bits per heavy atom. The summed E-state index contributed by atoms with van der Waals surface area (Å²) in [6, 6.07) is 17.9. The maximum atomic E-state index is 12.0. The summed E-state index contributed by atoms with van der Waals surface area (Å²) < 4.78 is 0.770.